The fourth-order valence-electron chi connectivity index (χ4n) is 2.78. The molecule has 7 nitrogen and oxygen atoms in total. The molecule has 0 saturated carbocycles. The van der Waals surface area contributed by atoms with Gasteiger partial charge in [-0.25, -0.2) is 9.78 Å². The molecular formula is C18H32IN5O2S. The lowest BCUT2D eigenvalue weighted by atomic mass is 9.93. The van der Waals surface area contributed by atoms with Gasteiger partial charge < -0.3 is 20.3 Å². The Labute approximate surface area is 183 Å². The molecule has 1 aliphatic heterocycles. The lowest BCUT2D eigenvalue weighted by Crippen LogP contribution is -2.50. The molecule has 0 atom stereocenters. The Morgan fingerprint density at radius 1 is 1.41 bits per heavy atom. The largest absolute Gasteiger partial charge is 0.453 e. The first-order valence-corrected chi connectivity index (χ1v) is 9.96. The number of ether oxygens (including phenoxy) is 1. The number of carbonyl (C=O) groups excluding carboxylic acids is 1. The molecule has 0 unspecified atom stereocenters. The summed E-state index contributed by atoms with van der Waals surface area (Å²) in [5.74, 6) is 0.800. The summed E-state index contributed by atoms with van der Waals surface area (Å²) in [6.45, 7) is 8.74. The Bertz CT molecular complexity index is 622. The van der Waals surface area contributed by atoms with E-state index in [1.165, 1.54) is 7.11 Å². The van der Waals surface area contributed by atoms with E-state index in [0.29, 0.717) is 19.1 Å². The SMILES string of the molecule is CN=C(NCCc1nc(C(C)(C)C)cs1)NC1CCN(C(=O)OC)CC1.I. The maximum atomic E-state index is 11.5. The predicted octanol–water partition coefficient (Wildman–Crippen LogP) is 3.00. The van der Waals surface area contributed by atoms with Crippen molar-refractivity contribution >= 4 is 47.4 Å². The van der Waals surface area contributed by atoms with E-state index in [4.69, 9.17) is 9.72 Å². The standard InChI is InChI=1S/C18H31N5O2S.HI/c1-18(2,3)14-12-26-15(22-14)6-9-20-16(19-4)21-13-7-10-23(11-8-13)17(24)25-5;/h12-13H,6-11H2,1-5H3,(H2,19,20,21);1H. The third-order valence-corrected chi connectivity index (χ3v) is 5.35. The highest BCUT2D eigenvalue weighted by atomic mass is 127. The number of aliphatic imine (C=N–C) groups is 1. The van der Waals surface area contributed by atoms with Crippen molar-refractivity contribution in [3.8, 4) is 0 Å². The van der Waals surface area contributed by atoms with Gasteiger partial charge in [0.2, 0.25) is 0 Å². The van der Waals surface area contributed by atoms with Crippen molar-refractivity contribution in [3.63, 3.8) is 0 Å². The number of guanidine groups is 1. The molecule has 2 heterocycles. The van der Waals surface area contributed by atoms with Crippen LogP contribution in [-0.4, -0.2) is 61.8 Å². The van der Waals surface area contributed by atoms with Crippen LogP contribution in [0.1, 0.15) is 44.3 Å². The molecule has 1 aromatic rings. The Morgan fingerprint density at radius 3 is 2.59 bits per heavy atom. The van der Waals surface area contributed by atoms with Gasteiger partial charge in [-0.2, -0.15) is 0 Å². The van der Waals surface area contributed by atoms with Gasteiger partial charge in [0.05, 0.1) is 17.8 Å². The number of hydrogen-bond donors (Lipinski definition) is 2. The maximum Gasteiger partial charge on any atom is 0.409 e. The van der Waals surface area contributed by atoms with Crippen LogP contribution in [0.2, 0.25) is 0 Å². The van der Waals surface area contributed by atoms with Crippen LogP contribution >= 0.6 is 35.3 Å². The van der Waals surface area contributed by atoms with E-state index in [2.05, 4.69) is 41.8 Å². The van der Waals surface area contributed by atoms with Gasteiger partial charge >= 0.3 is 6.09 Å². The molecule has 154 valence electrons. The molecule has 0 bridgehead atoms. The second-order valence-corrected chi connectivity index (χ2v) is 8.44. The molecule has 1 aromatic heterocycles. The number of aromatic nitrogens is 1. The number of amides is 1. The molecule has 1 aliphatic rings. The molecule has 0 aromatic carbocycles. The number of rotatable bonds is 4. The van der Waals surface area contributed by atoms with Crippen molar-refractivity contribution < 1.29 is 9.53 Å². The average Bonchev–Trinajstić information content (AvgIpc) is 3.10. The number of thiazole rings is 1. The summed E-state index contributed by atoms with van der Waals surface area (Å²) in [7, 11) is 3.20. The number of hydrogen-bond acceptors (Lipinski definition) is 5. The fraction of sp³-hybridized carbons (Fsp3) is 0.722. The number of methoxy groups -OCH3 is 1. The van der Waals surface area contributed by atoms with Crippen molar-refractivity contribution in [3.05, 3.63) is 16.1 Å². The monoisotopic (exact) mass is 509 g/mol. The molecule has 9 heteroatoms. The summed E-state index contributed by atoms with van der Waals surface area (Å²) < 4.78 is 4.77. The molecule has 0 spiro atoms. The Hall–Kier alpha value is -1.10. The third-order valence-electron chi connectivity index (χ3n) is 4.44. The molecule has 27 heavy (non-hydrogen) atoms. The van der Waals surface area contributed by atoms with Crippen molar-refractivity contribution in [1.82, 2.24) is 20.5 Å². The van der Waals surface area contributed by atoms with Crippen molar-refractivity contribution in [2.75, 3.05) is 33.8 Å². The number of carbonyl (C=O) groups is 1. The first-order chi connectivity index (χ1) is 12.3. The van der Waals surface area contributed by atoms with Crippen molar-refractivity contribution in [2.24, 2.45) is 4.99 Å². The van der Waals surface area contributed by atoms with Gasteiger partial charge in [-0.15, -0.1) is 35.3 Å². The van der Waals surface area contributed by atoms with Crippen molar-refractivity contribution in [1.29, 1.82) is 0 Å². The Morgan fingerprint density at radius 2 is 2.07 bits per heavy atom. The number of nitrogens with zero attached hydrogens (tertiary/aromatic N) is 3. The predicted molar refractivity (Wildman–Crippen MR) is 121 cm³/mol. The zero-order chi connectivity index (χ0) is 19.2. The van der Waals surface area contributed by atoms with Gasteiger partial charge in [-0.1, -0.05) is 20.8 Å². The second kappa shape index (κ2) is 11.0. The lowest BCUT2D eigenvalue weighted by molar-refractivity contribution is 0.111. The van der Waals surface area contributed by atoms with Crippen LogP contribution in [0.3, 0.4) is 0 Å². The number of nitrogens with one attached hydrogen (secondary N) is 2. The van der Waals surface area contributed by atoms with Crippen LogP contribution in [0, 0.1) is 0 Å². The molecular weight excluding hydrogens is 477 g/mol. The van der Waals surface area contributed by atoms with Gasteiger partial charge in [0.25, 0.3) is 0 Å². The molecule has 1 amide bonds. The molecule has 0 radical (unpaired) electrons. The summed E-state index contributed by atoms with van der Waals surface area (Å²) >= 11 is 1.72. The minimum absolute atomic E-state index is 0. The molecule has 1 fully saturated rings. The van der Waals surface area contributed by atoms with Gasteiger partial charge in [0.15, 0.2) is 5.96 Å². The van der Waals surface area contributed by atoms with Gasteiger partial charge in [0.1, 0.15) is 0 Å². The van der Waals surface area contributed by atoms with Crippen LogP contribution in [-0.2, 0) is 16.6 Å². The van der Waals surface area contributed by atoms with Crippen molar-refractivity contribution in [2.45, 2.75) is 51.5 Å². The summed E-state index contributed by atoms with van der Waals surface area (Å²) in [4.78, 5) is 22.3. The average molecular weight is 509 g/mol. The topological polar surface area (TPSA) is 78.9 Å². The Balaban J connectivity index is 0.00000364. The van der Waals surface area contributed by atoms with Gasteiger partial charge in [-0.3, -0.25) is 4.99 Å². The fourth-order valence-corrected chi connectivity index (χ4v) is 3.81. The highest BCUT2D eigenvalue weighted by Gasteiger charge is 2.23. The van der Waals surface area contributed by atoms with Gasteiger partial charge in [-0.05, 0) is 12.8 Å². The number of likely N-dealkylation sites (tertiary alicyclic amines) is 1. The quantitative estimate of drug-likeness (QED) is 0.371. The van der Waals surface area contributed by atoms with Crippen LogP contribution < -0.4 is 10.6 Å². The lowest BCUT2D eigenvalue weighted by Gasteiger charge is -2.32. The second-order valence-electron chi connectivity index (χ2n) is 7.50. The highest BCUT2D eigenvalue weighted by molar-refractivity contribution is 14.0. The van der Waals surface area contributed by atoms with E-state index >= 15 is 0 Å². The van der Waals surface area contributed by atoms with Crippen LogP contribution in [0.25, 0.3) is 0 Å². The molecule has 2 N–H and O–H groups in total. The zero-order valence-electron chi connectivity index (χ0n) is 16.9. The zero-order valence-corrected chi connectivity index (χ0v) is 20.0. The maximum absolute atomic E-state index is 11.5. The molecule has 2 rings (SSSR count). The number of piperidine rings is 1. The summed E-state index contributed by atoms with van der Waals surface area (Å²) in [6, 6.07) is 0.314. The van der Waals surface area contributed by atoms with Gasteiger partial charge in [0, 0.05) is 49.9 Å². The van der Waals surface area contributed by atoms with E-state index in [1.54, 1.807) is 23.3 Å². The highest BCUT2D eigenvalue weighted by Crippen LogP contribution is 2.23. The minimum atomic E-state index is -0.246. The minimum Gasteiger partial charge on any atom is -0.453 e. The summed E-state index contributed by atoms with van der Waals surface area (Å²) in [6.07, 6.45) is 2.40. The van der Waals surface area contributed by atoms with Crippen LogP contribution in [0.5, 0.6) is 0 Å². The molecule has 1 saturated heterocycles. The smallest absolute Gasteiger partial charge is 0.409 e. The number of halogens is 1. The Kier molecular flexibility index (Phi) is 9.78. The normalized spacial score (nSPS) is 15.9. The summed E-state index contributed by atoms with van der Waals surface area (Å²) in [5.41, 5.74) is 1.25. The van der Waals surface area contributed by atoms with Crippen LogP contribution in [0.4, 0.5) is 4.79 Å². The molecule has 0 aliphatic carbocycles. The van der Waals surface area contributed by atoms with E-state index in [1.807, 2.05) is 0 Å². The first-order valence-electron chi connectivity index (χ1n) is 9.08. The first kappa shape index (κ1) is 23.9. The van der Waals surface area contributed by atoms with E-state index < -0.39 is 0 Å². The summed E-state index contributed by atoms with van der Waals surface area (Å²) in [5, 5.41) is 10.1. The third kappa shape index (κ3) is 7.44. The van der Waals surface area contributed by atoms with E-state index in [0.717, 1.165) is 42.5 Å². The van der Waals surface area contributed by atoms with E-state index in [9.17, 15) is 4.79 Å². The van der Waals surface area contributed by atoms with Crippen LogP contribution in [0.15, 0.2) is 10.4 Å². The van der Waals surface area contributed by atoms with E-state index in [-0.39, 0.29) is 35.5 Å².